The molecule has 2 atom stereocenters. The summed E-state index contributed by atoms with van der Waals surface area (Å²) < 4.78 is 0. The summed E-state index contributed by atoms with van der Waals surface area (Å²) in [6.07, 6.45) is 2.89. The van der Waals surface area contributed by atoms with Gasteiger partial charge in [-0.1, -0.05) is 0 Å². The molecule has 2 fully saturated rings. The summed E-state index contributed by atoms with van der Waals surface area (Å²) in [5.41, 5.74) is 0. The van der Waals surface area contributed by atoms with Gasteiger partial charge in [0.1, 0.15) is 6.23 Å². The van der Waals surface area contributed by atoms with Crippen molar-refractivity contribution < 1.29 is 9.90 Å². The zero-order valence-electron chi connectivity index (χ0n) is 5.79. The molecule has 0 radical (unpaired) electrons. The van der Waals surface area contributed by atoms with Crippen molar-refractivity contribution in [2.45, 2.75) is 38.0 Å². The van der Waals surface area contributed by atoms with Crippen LogP contribution in [0.5, 0.6) is 0 Å². The Kier molecular flexibility index (Phi) is 1.20. The normalized spacial score (nSPS) is 38.9. The maximum Gasteiger partial charge on any atom is 0.224 e. The highest BCUT2D eigenvalue weighted by atomic mass is 16.3. The standard InChI is InChI=1S/C7H11NO2/c9-6-3-1-5-2-4-7(10)8(5)6/h5-6,9H,1-4H2/t5?,6-/m0/s1. The number of nitrogens with zero attached hydrogens (tertiary/aromatic N) is 1. The monoisotopic (exact) mass is 141 g/mol. The van der Waals surface area contributed by atoms with Gasteiger partial charge in [0.15, 0.2) is 0 Å². The first-order chi connectivity index (χ1) is 4.79. The summed E-state index contributed by atoms with van der Waals surface area (Å²) in [6, 6.07) is 0.363. The van der Waals surface area contributed by atoms with Crippen LogP contribution in [-0.4, -0.2) is 28.2 Å². The third-order valence-electron chi connectivity index (χ3n) is 2.45. The molecule has 3 heteroatoms. The SMILES string of the molecule is O=C1CCC2CC[C@H](O)N12. The molecule has 56 valence electrons. The molecule has 1 N–H and O–H groups in total. The van der Waals surface area contributed by atoms with Crippen molar-refractivity contribution in [3.63, 3.8) is 0 Å². The summed E-state index contributed by atoms with van der Waals surface area (Å²) in [6.45, 7) is 0. The van der Waals surface area contributed by atoms with Gasteiger partial charge >= 0.3 is 0 Å². The van der Waals surface area contributed by atoms with Gasteiger partial charge in [0.2, 0.25) is 5.91 Å². The Morgan fingerprint density at radius 2 is 2.20 bits per heavy atom. The van der Waals surface area contributed by atoms with E-state index in [0.717, 1.165) is 19.3 Å². The molecule has 3 nitrogen and oxygen atoms in total. The number of hydrogen-bond donors (Lipinski definition) is 1. The van der Waals surface area contributed by atoms with Gasteiger partial charge in [-0.2, -0.15) is 0 Å². The summed E-state index contributed by atoms with van der Waals surface area (Å²) in [7, 11) is 0. The Bertz CT molecular complexity index is 169. The molecular formula is C7H11NO2. The quantitative estimate of drug-likeness (QED) is 0.519. The van der Waals surface area contributed by atoms with Crippen LogP contribution in [0.15, 0.2) is 0 Å². The molecule has 1 unspecified atom stereocenters. The van der Waals surface area contributed by atoms with Gasteiger partial charge in [0, 0.05) is 12.5 Å². The minimum absolute atomic E-state index is 0.134. The van der Waals surface area contributed by atoms with E-state index in [1.54, 1.807) is 4.90 Å². The first kappa shape index (κ1) is 6.16. The molecule has 2 saturated heterocycles. The van der Waals surface area contributed by atoms with Gasteiger partial charge in [-0.3, -0.25) is 4.79 Å². The van der Waals surface area contributed by atoms with Gasteiger partial charge in [0.05, 0.1) is 0 Å². The maximum atomic E-state index is 11.0. The van der Waals surface area contributed by atoms with Crippen LogP contribution in [0.1, 0.15) is 25.7 Å². The van der Waals surface area contributed by atoms with Gasteiger partial charge < -0.3 is 10.0 Å². The van der Waals surface area contributed by atoms with E-state index in [1.807, 2.05) is 0 Å². The molecule has 0 aromatic carbocycles. The van der Waals surface area contributed by atoms with Crippen molar-refractivity contribution in [1.82, 2.24) is 4.90 Å². The molecule has 2 heterocycles. The molecular weight excluding hydrogens is 130 g/mol. The van der Waals surface area contributed by atoms with Crippen molar-refractivity contribution in [2.75, 3.05) is 0 Å². The van der Waals surface area contributed by atoms with Gasteiger partial charge in [0.25, 0.3) is 0 Å². The van der Waals surface area contributed by atoms with E-state index < -0.39 is 6.23 Å². The number of hydrogen-bond acceptors (Lipinski definition) is 2. The Hall–Kier alpha value is -0.570. The van der Waals surface area contributed by atoms with E-state index in [-0.39, 0.29) is 5.91 Å². The lowest BCUT2D eigenvalue weighted by Gasteiger charge is -2.18. The molecule has 0 aliphatic carbocycles. The second kappa shape index (κ2) is 1.95. The summed E-state index contributed by atoms with van der Waals surface area (Å²) in [5.74, 6) is 0.134. The minimum Gasteiger partial charge on any atom is -0.374 e. The van der Waals surface area contributed by atoms with E-state index in [4.69, 9.17) is 0 Å². The molecule has 0 spiro atoms. The highest BCUT2D eigenvalue weighted by Gasteiger charge is 2.39. The molecule has 2 aliphatic rings. The van der Waals surface area contributed by atoms with Crippen LogP contribution in [0.4, 0.5) is 0 Å². The average molecular weight is 141 g/mol. The van der Waals surface area contributed by atoms with Crippen molar-refractivity contribution in [3.8, 4) is 0 Å². The Morgan fingerprint density at radius 3 is 2.90 bits per heavy atom. The number of aliphatic hydroxyl groups is 1. The summed E-state index contributed by atoms with van der Waals surface area (Å²) in [5, 5.41) is 9.27. The van der Waals surface area contributed by atoms with E-state index in [2.05, 4.69) is 0 Å². The predicted molar refractivity (Wildman–Crippen MR) is 35.1 cm³/mol. The van der Waals surface area contributed by atoms with Gasteiger partial charge in [-0.15, -0.1) is 0 Å². The van der Waals surface area contributed by atoms with Crippen LogP contribution < -0.4 is 0 Å². The van der Waals surface area contributed by atoms with Crippen LogP contribution in [0.2, 0.25) is 0 Å². The first-order valence-electron chi connectivity index (χ1n) is 3.78. The van der Waals surface area contributed by atoms with Gasteiger partial charge in [-0.25, -0.2) is 0 Å². The molecule has 0 bridgehead atoms. The van der Waals surface area contributed by atoms with Crippen LogP contribution in [0.25, 0.3) is 0 Å². The van der Waals surface area contributed by atoms with Crippen molar-refractivity contribution in [2.24, 2.45) is 0 Å². The maximum absolute atomic E-state index is 11.0. The lowest BCUT2D eigenvalue weighted by Crippen LogP contribution is -2.34. The molecule has 0 saturated carbocycles. The third-order valence-corrected chi connectivity index (χ3v) is 2.45. The van der Waals surface area contributed by atoms with Crippen LogP contribution in [0, 0.1) is 0 Å². The van der Waals surface area contributed by atoms with Crippen LogP contribution >= 0.6 is 0 Å². The van der Waals surface area contributed by atoms with Crippen LogP contribution in [0.3, 0.4) is 0 Å². The zero-order valence-corrected chi connectivity index (χ0v) is 5.79. The number of amides is 1. The molecule has 1 amide bonds. The fourth-order valence-electron chi connectivity index (χ4n) is 1.94. The summed E-state index contributed by atoms with van der Waals surface area (Å²) in [4.78, 5) is 12.7. The van der Waals surface area contributed by atoms with Crippen molar-refractivity contribution in [1.29, 1.82) is 0 Å². The second-order valence-electron chi connectivity index (χ2n) is 3.05. The highest BCUT2D eigenvalue weighted by Crippen LogP contribution is 2.31. The van der Waals surface area contributed by atoms with Crippen molar-refractivity contribution >= 4 is 5.91 Å². The smallest absolute Gasteiger partial charge is 0.224 e. The Labute approximate surface area is 59.6 Å². The predicted octanol–water partition coefficient (Wildman–Crippen LogP) is 0.0896. The molecule has 2 rings (SSSR count). The average Bonchev–Trinajstić information content (AvgIpc) is 2.40. The number of carbonyl (C=O) groups is 1. The van der Waals surface area contributed by atoms with E-state index in [9.17, 15) is 9.90 Å². The highest BCUT2D eigenvalue weighted by molar-refractivity contribution is 5.79. The van der Waals surface area contributed by atoms with E-state index in [1.165, 1.54) is 0 Å². The number of fused-ring (bicyclic) bond motifs is 1. The minimum atomic E-state index is -0.472. The van der Waals surface area contributed by atoms with Gasteiger partial charge in [-0.05, 0) is 19.3 Å². The molecule has 2 aliphatic heterocycles. The Balaban J connectivity index is 2.19. The lowest BCUT2D eigenvalue weighted by atomic mass is 10.1. The molecule has 0 aromatic rings. The first-order valence-corrected chi connectivity index (χ1v) is 3.78. The Morgan fingerprint density at radius 1 is 1.40 bits per heavy atom. The molecule has 0 aromatic heterocycles. The number of carbonyl (C=O) groups excluding carboxylic acids is 1. The largest absolute Gasteiger partial charge is 0.374 e. The third kappa shape index (κ3) is 0.669. The molecule has 10 heavy (non-hydrogen) atoms. The van der Waals surface area contributed by atoms with Crippen molar-refractivity contribution in [3.05, 3.63) is 0 Å². The number of rotatable bonds is 0. The van der Waals surface area contributed by atoms with E-state index >= 15 is 0 Å². The fraction of sp³-hybridized carbons (Fsp3) is 0.857. The topological polar surface area (TPSA) is 40.5 Å². The fourth-order valence-corrected chi connectivity index (χ4v) is 1.94. The lowest BCUT2D eigenvalue weighted by molar-refractivity contribution is -0.135. The number of aliphatic hydroxyl groups excluding tert-OH is 1. The van der Waals surface area contributed by atoms with E-state index in [0.29, 0.717) is 12.5 Å². The zero-order chi connectivity index (χ0) is 7.14. The second-order valence-corrected chi connectivity index (χ2v) is 3.05. The van der Waals surface area contributed by atoms with Crippen LogP contribution in [-0.2, 0) is 4.79 Å². The summed E-state index contributed by atoms with van der Waals surface area (Å²) >= 11 is 0.